The first-order chi connectivity index (χ1) is 12.9. The zero-order valence-electron chi connectivity index (χ0n) is 15.7. The summed E-state index contributed by atoms with van der Waals surface area (Å²) in [5.74, 6) is 0.344. The summed E-state index contributed by atoms with van der Waals surface area (Å²) >= 11 is 1.56. The van der Waals surface area contributed by atoms with Crippen LogP contribution in [0.2, 0.25) is 0 Å². The molecule has 0 spiro atoms. The lowest BCUT2D eigenvalue weighted by atomic mass is 9.89. The second kappa shape index (κ2) is 6.88. The van der Waals surface area contributed by atoms with Gasteiger partial charge in [-0.05, 0) is 67.9 Å². The van der Waals surface area contributed by atoms with Gasteiger partial charge in [-0.3, -0.25) is 9.59 Å². The van der Waals surface area contributed by atoms with Crippen LogP contribution in [0.5, 0.6) is 0 Å². The number of amides is 1. The third-order valence-electron chi connectivity index (χ3n) is 5.27. The quantitative estimate of drug-likeness (QED) is 0.754. The van der Waals surface area contributed by atoms with Crippen molar-refractivity contribution in [2.45, 2.75) is 46.6 Å². The zero-order chi connectivity index (χ0) is 19.1. The Bertz CT molecular complexity index is 1100. The van der Waals surface area contributed by atoms with E-state index >= 15 is 0 Å². The van der Waals surface area contributed by atoms with E-state index in [1.807, 2.05) is 32.0 Å². The van der Waals surface area contributed by atoms with Gasteiger partial charge in [0, 0.05) is 10.6 Å². The predicted molar refractivity (Wildman–Crippen MR) is 107 cm³/mol. The van der Waals surface area contributed by atoms with Crippen molar-refractivity contribution in [3.05, 3.63) is 50.1 Å². The number of aryl methyl sites for hydroxylation is 3. The molecule has 1 atom stereocenters. The Hall–Kier alpha value is -2.54. The second-order valence-corrected chi connectivity index (χ2v) is 8.51. The number of nitrogens with zero attached hydrogens (tertiary/aromatic N) is 3. The molecule has 1 unspecified atom stereocenters. The fourth-order valence-corrected chi connectivity index (χ4v) is 4.87. The van der Waals surface area contributed by atoms with Crippen LogP contribution in [0.15, 0.2) is 23.0 Å². The van der Waals surface area contributed by atoms with Gasteiger partial charge in [-0.15, -0.1) is 16.4 Å². The Morgan fingerprint density at radius 1 is 1.33 bits per heavy atom. The maximum absolute atomic E-state index is 12.9. The van der Waals surface area contributed by atoms with Gasteiger partial charge in [0.1, 0.15) is 6.54 Å². The van der Waals surface area contributed by atoms with Gasteiger partial charge in [0.2, 0.25) is 5.91 Å². The zero-order valence-corrected chi connectivity index (χ0v) is 16.5. The number of thiophene rings is 1. The lowest BCUT2D eigenvalue weighted by Gasteiger charge is -2.17. The van der Waals surface area contributed by atoms with Crippen molar-refractivity contribution in [3.8, 4) is 0 Å². The van der Waals surface area contributed by atoms with Gasteiger partial charge in [0.05, 0.1) is 5.39 Å². The summed E-state index contributed by atoms with van der Waals surface area (Å²) in [5.41, 5.74) is 3.87. The summed E-state index contributed by atoms with van der Waals surface area (Å²) in [6.07, 6.45) is 2.96. The summed E-state index contributed by atoms with van der Waals surface area (Å²) in [5, 5.41) is 11.7. The Labute approximate surface area is 161 Å². The Kier molecular flexibility index (Phi) is 4.55. The number of nitrogens with one attached hydrogen (secondary N) is 1. The van der Waals surface area contributed by atoms with E-state index in [1.54, 1.807) is 11.3 Å². The van der Waals surface area contributed by atoms with Gasteiger partial charge in [0.15, 0.2) is 4.83 Å². The largest absolute Gasteiger partial charge is 0.324 e. The molecule has 2 aromatic heterocycles. The molecule has 7 heteroatoms. The molecule has 6 nitrogen and oxygen atoms in total. The van der Waals surface area contributed by atoms with Crippen molar-refractivity contribution in [2.24, 2.45) is 5.92 Å². The molecule has 0 saturated carbocycles. The molecule has 27 heavy (non-hydrogen) atoms. The molecule has 3 aromatic rings. The smallest absolute Gasteiger partial charge is 0.279 e. The average molecular weight is 382 g/mol. The molecule has 0 aliphatic heterocycles. The molecular weight excluding hydrogens is 360 g/mol. The number of aromatic nitrogens is 3. The molecular formula is C20H22N4O2S. The van der Waals surface area contributed by atoms with Crippen LogP contribution in [0.4, 0.5) is 5.69 Å². The second-order valence-electron chi connectivity index (χ2n) is 7.43. The van der Waals surface area contributed by atoms with E-state index in [1.165, 1.54) is 9.56 Å². The first-order valence-electron chi connectivity index (χ1n) is 9.17. The number of carbonyl (C=O) groups is 1. The molecule has 2 heterocycles. The minimum atomic E-state index is -0.285. The van der Waals surface area contributed by atoms with Gasteiger partial charge in [-0.2, -0.15) is 0 Å². The topological polar surface area (TPSA) is 76.9 Å². The first-order valence-corrected chi connectivity index (χ1v) is 9.99. The number of hydrogen-bond donors (Lipinski definition) is 1. The highest BCUT2D eigenvalue weighted by Gasteiger charge is 2.24. The summed E-state index contributed by atoms with van der Waals surface area (Å²) < 4.78 is 1.17. The average Bonchev–Trinajstić information content (AvgIpc) is 2.98. The van der Waals surface area contributed by atoms with E-state index in [0.29, 0.717) is 21.8 Å². The van der Waals surface area contributed by atoms with Crippen LogP contribution in [0.3, 0.4) is 0 Å². The lowest BCUT2D eigenvalue weighted by molar-refractivity contribution is -0.117. The van der Waals surface area contributed by atoms with Gasteiger partial charge in [0.25, 0.3) is 5.56 Å². The van der Waals surface area contributed by atoms with Crippen molar-refractivity contribution >= 4 is 33.1 Å². The Morgan fingerprint density at radius 2 is 2.15 bits per heavy atom. The van der Waals surface area contributed by atoms with Gasteiger partial charge >= 0.3 is 0 Å². The molecule has 1 aliphatic carbocycles. The minimum absolute atomic E-state index is 0.143. The van der Waals surface area contributed by atoms with Crippen molar-refractivity contribution in [1.29, 1.82) is 0 Å². The van der Waals surface area contributed by atoms with Crippen molar-refractivity contribution in [1.82, 2.24) is 15.0 Å². The summed E-state index contributed by atoms with van der Waals surface area (Å²) in [7, 11) is 0. The van der Waals surface area contributed by atoms with E-state index in [9.17, 15) is 9.59 Å². The Balaban J connectivity index is 1.60. The molecule has 1 aliphatic rings. The van der Waals surface area contributed by atoms with E-state index in [-0.39, 0.29) is 18.0 Å². The highest BCUT2D eigenvalue weighted by molar-refractivity contribution is 7.18. The molecule has 1 N–H and O–H groups in total. The fourth-order valence-electron chi connectivity index (χ4n) is 3.55. The highest BCUT2D eigenvalue weighted by atomic mass is 32.1. The number of fused-ring (bicyclic) bond motifs is 3. The third kappa shape index (κ3) is 3.39. The summed E-state index contributed by atoms with van der Waals surface area (Å²) in [4.78, 5) is 27.2. The normalized spacial score (nSPS) is 16.3. The molecule has 1 aromatic carbocycles. The maximum Gasteiger partial charge on any atom is 0.279 e. The van der Waals surface area contributed by atoms with Crippen LogP contribution < -0.4 is 10.9 Å². The molecule has 0 bridgehead atoms. The summed E-state index contributed by atoms with van der Waals surface area (Å²) in [6.45, 7) is 6.10. The summed E-state index contributed by atoms with van der Waals surface area (Å²) in [6, 6.07) is 5.73. The number of benzene rings is 1. The molecule has 0 saturated heterocycles. The predicted octanol–water partition coefficient (Wildman–Crippen LogP) is 3.23. The standard InChI is InChI=1S/C20H22N4O2S/c1-11-4-7-15-16(8-11)27-19-18(15)20(26)24(23-22-19)10-17(25)21-14-6-5-12(2)13(3)9-14/h5-6,9,11H,4,7-8,10H2,1-3H3,(H,21,25). The van der Waals surface area contributed by atoms with Crippen molar-refractivity contribution in [2.75, 3.05) is 5.32 Å². The number of anilines is 1. The van der Waals surface area contributed by atoms with Crippen LogP contribution in [0.25, 0.3) is 10.2 Å². The number of rotatable bonds is 3. The van der Waals surface area contributed by atoms with E-state index in [4.69, 9.17) is 0 Å². The fraction of sp³-hybridized carbons (Fsp3) is 0.400. The maximum atomic E-state index is 12.9. The van der Waals surface area contributed by atoms with E-state index < -0.39 is 0 Å². The van der Waals surface area contributed by atoms with Gasteiger partial charge < -0.3 is 5.32 Å². The third-order valence-corrected chi connectivity index (χ3v) is 6.41. The first kappa shape index (κ1) is 17.9. The molecule has 0 fully saturated rings. The van der Waals surface area contributed by atoms with E-state index in [0.717, 1.165) is 36.0 Å². The van der Waals surface area contributed by atoms with Gasteiger partial charge in [-0.1, -0.05) is 18.2 Å². The highest BCUT2D eigenvalue weighted by Crippen LogP contribution is 2.35. The van der Waals surface area contributed by atoms with Crippen LogP contribution in [-0.2, 0) is 24.2 Å². The van der Waals surface area contributed by atoms with Crippen LogP contribution in [-0.4, -0.2) is 20.9 Å². The van der Waals surface area contributed by atoms with Crippen LogP contribution in [0.1, 0.15) is 34.9 Å². The molecule has 1 amide bonds. The minimum Gasteiger partial charge on any atom is -0.324 e. The SMILES string of the molecule is Cc1ccc(NC(=O)Cn2nnc3sc4c(c3c2=O)CCC(C)C4)cc1C. The van der Waals surface area contributed by atoms with Crippen molar-refractivity contribution in [3.63, 3.8) is 0 Å². The van der Waals surface area contributed by atoms with Crippen molar-refractivity contribution < 1.29 is 4.79 Å². The van der Waals surface area contributed by atoms with Crippen LogP contribution in [0, 0.1) is 19.8 Å². The monoisotopic (exact) mass is 382 g/mol. The Morgan fingerprint density at radius 3 is 2.93 bits per heavy atom. The lowest BCUT2D eigenvalue weighted by Crippen LogP contribution is -2.30. The molecule has 0 radical (unpaired) electrons. The van der Waals surface area contributed by atoms with Crippen LogP contribution >= 0.6 is 11.3 Å². The number of carbonyl (C=O) groups excluding carboxylic acids is 1. The van der Waals surface area contributed by atoms with Gasteiger partial charge in [-0.25, -0.2) is 4.68 Å². The molecule has 4 rings (SSSR count). The van der Waals surface area contributed by atoms with E-state index in [2.05, 4.69) is 22.6 Å². The molecule has 140 valence electrons. The number of hydrogen-bond acceptors (Lipinski definition) is 5.